The standard InChI is InChI=1S/C11H8Cl2N2O2/c1-16-7-3-2-4-8(5-7)17-9-10(12)14-6-15-11(9)13/h2-6H,1H3. The van der Waals surface area contributed by atoms with E-state index in [9.17, 15) is 0 Å². The first kappa shape index (κ1) is 12.0. The minimum atomic E-state index is 0.160. The van der Waals surface area contributed by atoms with Crippen LogP contribution in [-0.4, -0.2) is 17.1 Å². The largest absolute Gasteiger partial charge is 0.497 e. The first-order valence-corrected chi connectivity index (χ1v) is 5.44. The molecule has 4 nitrogen and oxygen atoms in total. The maximum atomic E-state index is 5.86. The average Bonchev–Trinajstić information content (AvgIpc) is 2.34. The van der Waals surface area contributed by atoms with Crippen molar-refractivity contribution in [2.75, 3.05) is 7.11 Å². The Labute approximate surface area is 108 Å². The molecule has 17 heavy (non-hydrogen) atoms. The second kappa shape index (κ2) is 5.21. The lowest BCUT2D eigenvalue weighted by Gasteiger charge is -2.08. The molecule has 0 radical (unpaired) electrons. The van der Waals surface area contributed by atoms with Gasteiger partial charge in [0.15, 0.2) is 10.3 Å². The highest BCUT2D eigenvalue weighted by Gasteiger charge is 2.10. The van der Waals surface area contributed by atoms with E-state index in [4.69, 9.17) is 32.7 Å². The number of halogens is 2. The van der Waals surface area contributed by atoms with Crippen molar-refractivity contribution >= 4 is 23.2 Å². The van der Waals surface area contributed by atoms with Crippen LogP contribution in [0.25, 0.3) is 0 Å². The van der Waals surface area contributed by atoms with Gasteiger partial charge in [-0.2, -0.15) is 0 Å². The zero-order valence-corrected chi connectivity index (χ0v) is 10.4. The molecule has 0 aliphatic heterocycles. The number of nitrogens with zero attached hydrogens (tertiary/aromatic N) is 2. The Morgan fingerprint density at radius 2 is 1.71 bits per heavy atom. The molecule has 1 heterocycles. The molecule has 1 aromatic heterocycles. The van der Waals surface area contributed by atoms with E-state index in [0.29, 0.717) is 11.5 Å². The fourth-order valence-corrected chi connectivity index (χ4v) is 1.59. The summed E-state index contributed by atoms with van der Waals surface area (Å²) in [7, 11) is 1.57. The van der Waals surface area contributed by atoms with Gasteiger partial charge in [-0.05, 0) is 12.1 Å². The molecular weight excluding hydrogens is 263 g/mol. The van der Waals surface area contributed by atoms with Crippen molar-refractivity contribution in [3.63, 3.8) is 0 Å². The van der Waals surface area contributed by atoms with Crippen molar-refractivity contribution in [2.24, 2.45) is 0 Å². The molecule has 1 aromatic carbocycles. The van der Waals surface area contributed by atoms with Crippen LogP contribution in [-0.2, 0) is 0 Å². The topological polar surface area (TPSA) is 44.2 Å². The van der Waals surface area contributed by atoms with Gasteiger partial charge in [0.05, 0.1) is 7.11 Å². The zero-order valence-electron chi connectivity index (χ0n) is 8.85. The van der Waals surface area contributed by atoms with E-state index in [0.717, 1.165) is 0 Å². The minimum absolute atomic E-state index is 0.160. The summed E-state index contributed by atoms with van der Waals surface area (Å²) in [6.45, 7) is 0. The van der Waals surface area contributed by atoms with Crippen molar-refractivity contribution in [3.05, 3.63) is 40.9 Å². The molecule has 0 saturated carbocycles. The van der Waals surface area contributed by atoms with Gasteiger partial charge in [0, 0.05) is 6.07 Å². The Morgan fingerprint density at radius 3 is 2.35 bits per heavy atom. The van der Waals surface area contributed by atoms with Crippen molar-refractivity contribution in [3.8, 4) is 17.2 Å². The van der Waals surface area contributed by atoms with Crippen molar-refractivity contribution in [1.29, 1.82) is 0 Å². The third kappa shape index (κ3) is 2.78. The molecular formula is C11H8Cl2N2O2. The molecule has 0 aliphatic carbocycles. The number of ether oxygens (including phenoxy) is 2. The van der Waals surface area contributed by atoms with Gasteiger partial charge in [-0.15, -0.1) is 0 Å². The lowest BCUT2D eigenvalue weighted by Crippen LogP contribution is -1.91. The minimum Gasteiger partial charge on any atom is -0.497 e. The van der Waals surface area contributed by atoms with E-state index in [1.165, 1.54) is 6.33 Å². The lowest BCUT2D eigenvalue weighted by atomic mass is 10.3. The quantitative estimate of drug-likeness (QED) is 0.800. The summed E-state index contributed by atoms with van der Waals surface area (Å²) in [4.78, 5) is 7.58. The monoisotopic (exact) mass is 270 g/mol. The summed E-state index contributed by atoms with van der Waals surface area (Å²) in [6.07, 6.45) is 1.27. The summed E-state index contributed by atoms with van der Waals surface area (Å²) in [5.74, 6) is 1.44. The maximum Gasteiger partial charge on any atom is 0.201 e. The van der Waals surface area contributed by atoms with E-state index < -0.39 is 0 Å². The number of hydrogen-bond acceptors (Lipinski definition) is 4. The van der Waals surface area contributed by atoms with Gasteiger partial charge in [0.25, 0.3) is 0 Å². The summed E-state index contributed by atoms with van der Waals surface area (Å²) in [5.41, 5.74) is 0. The van der Waals surface area contributed by atoms with E-state index in [2.05, 4.69) is 9.97 Å². The Balaban J connectivity index is 2.31. The normalized spacial score (nSPS) is 10.1. The molecule has 0 spiro atoms. The number of aromatic nitrogens is 2. The number of rotatable bonds is 3. The van der Waals surface area contributed by atoms with Gasteiger partial charge in [0.1, 0.15) is 17.8 Å². The van der Waals surface area contributed by atoms with E-state index >= 15 is 0 Å². The zero-order chi connectivity index (χ0) is 12.3. The molecule has 0 N–H and O–H groups in total. The highest BCUT2D eigenvalue weighted by Crippen LogP contribution is 2.33. The predicted octanol–water partition coefficient (Wildman–Crippen LogP) is 3.58. The van der Waals surface area contributed by atoms with Gasteiger partial charge in [-0.25, -0.2) is 9.97 Å². The van der Waals surface area contributed by atoms with E-state index in [1.54, 1.807) is 31.4 Å². The van der Waals surface area contributed by atoms with Gasteiger partial charge >= 0.3 is 0 Å². The van der Waals surface area contributed by atoms with Crippen LogP contribution in [0.2, 0.25) is 10.3 Å². The van der Waals surface area contributed by atoms with Crippen LogP contribution in [0.5, 0.6) is 17.2 Å². The van der Waals surface area contributed by atoms with Crippen molar-refractivity contribution in [1.82, 2.24) is 9.97 Å². The molecule has 0 aliphatic rings. The maximum absolute atomic E-state index is 5.86. The van der Waals surface area contributed by atoms with Crippen LogP contribution in [0.15, 0.2) is 30.6 Å². The highest BCUT2D eigenvalue weighted by molar-refractivity contribution is 6.35. The van der Waals surface area contributed by atoms with Crippen LogP contribution < -0.4 is 9.47 Å². The molecule has 88 valence electrons. The molecule has 0 fully saturated rings. The molecule has 0 unspecified atom stereocenters. The Morgan fingerprint density at radius 1 is 1.06 bits per heavy atom. The third-order valence-corrected chi connectivity index (χ3v) is 2.52. The Bertz CT molecular complexity index is 514. The highest BCUT2D eigenvalue weighted by atomic mass is 35.5. The fourth-order valence-electron chi connectivity index (χ4n) is 1.20. The van der Waals surface area contributed by atoms with Crippen LogP contribution in [0, 0.1) is 0 Å². The van der Waals surface area contributed by atoms with Crippen molar-refractivity contribution < 1.29 is 9.47 Å². The lowest BCUT2D eigenvalue weighted by molar-refractivity contribution is 0.408. The predicted molar refractivity (Wildman–Crippen MR) is 65.1 cm³/mol. The Hall–Kier alpha value is -1.52. The summed E-state index contributed by atoms with van der Waals surface area (Å²) in [5, 5.41) is 0.320. The van der Waals surface area contributed by atoms with Crippen LogP contribution in [0.4, 0.5) is 0 Å². The van der Waals surface area contributed by atoms with Crippen LogP contribution in [0.1, 0.15) is 0 Å². The first-order valence-electron chi connectivity index (χ1n) is 4.68. The molecule has 2 rings (SSSR count). The van der Waals surface area contributed by atoms with Gasteiger partial charge in [-0.1, -0.05) is 29.3 Å². The van der Waals surface area contributed by atoms with Crippen LogP contribution in [0.3, 0.4) is 0 Å². The molecule has 0 saturated heterocycles. The average molecular weight is 271 g/mol. The molecule has 2 aromatic rings. The molecule has 0 bridgehead atoms. The number of benzene rings is 1. The molecule has 0 amide bonds. The van der Waals surface area contributed by atoms with Gasteiger partial charge in [-0.3, -0.25) is 0 Å². The summed E-state index contributed by atoms with van der Waals surface area (Å²) < 4.78 is 10.6. The smallest absolute Gasteiger partial charge is 0.201 e. The van der Waals surface area contributed by atoms with Gasteiger partial charge in [0.2, 0.25) is 5.75 Å². The fraction of sp³-hybridized carbons (Fsp3) is 0.0909. The first-order chi connectivity index (χ1) is 8.20. The number of methoxy groups -OCH3 is 1. The van der Waals surface area contributed by atoms with Crippen molar-refractivity contribution in [2.45, 2.75) is 0 Å². The van der Waals surface area contributed by atoms with E-state index in [1.807, 2.05) is 0 Å². The summed E-state index contributed by atoms with van der Waals surface area (Å²) in [6, 6.07) is 7.05. The SMILES string of the molecule is COc1cccc(Oc2c(Cl)ncnc2Cl)c1. The third-order valence-electron chi connectivity index (χ3n) is 1.98. The molecule has 0 atom stereocenters. The second-order valence-electron chi connectivity index (χ2n) is 3.07. The van der Waals surface area contributed by atoms with E-state index in [-0.39, 0.29) is 16.1 Å². The summed E-state index contributed by atoms with van der Waals surface area (Å²) >= 11 is 11.7. The Kier molecular flexibility index (Phi) is 3.66. The molecule has 6 heteroatoms. The number of hydrogen-bond donors (Lipinski definition) is 0. The van der Waals surface area contributed by atoms with Gasteiger partial charge < -0.3 is 9.47 Å². The second-order valence-corrected chi connectivity index (χ2v) is 3.78. The van der Waals surface area contributed by atoms with Crippen LogP contribution >= 0.6 is 23.2 Å².